The molecule has 0 spiro atoms. The molecule has 1 aliphatic rings. The minimum Gasteiger partial charge on any atom is -0.496 e. The molecule has 0 amide bonds. The second-order valence-corrected chi connectivity index (χ2v) is 5.41. The van der Waals surface area contributed by atoms with Crippen LogP contribution in [0.15, 0.2) is 36.4 Å². The van der Waals surface area contributed by atoms with Gasteiger partial charge in [-0.15, -0.1) is 0 Å². The summed E-state index contributed by atoms with van der Waals surface area (Å²) in [4.78, 5) is 0. The lowest BCUT2D eigenvalue weighted by atomic mass is 9.99. The van der Waals surface area contributed by atoms with Crippen molar-refractivity contribution in [3.63, 3.8) is 0 Å². The van der Waals surface area contributed by atoms with E-state index in [0.29, 0.717) is 11.8 Å². The van der Waals surface area contributed by atoms with Crippen LogP contribution in [0.3, 0.4) is 0 Å². The molecule has 0 aliphatic heterocycles. The van der Waals surface area contributed by atoms with E-state index >= 15 is 0 Å². The minimum atomic E-state index is -0.239. The van der Waals surface area contributed by atoms with E-state index in [1.807, 2.05) is 0 Å². The van der Waals surface area contributed by atoms with E-state index in [0.717, 1.165) is 30.5 Å². The van der Waals surface area contributed by atoms with Crippen LogP contribution in [-0.4, -0.2) is 13.7 Å². The van der Waals surface area contributed by atoms with E-state index in [-0.39, 0.29) is 5.82 Å². The minimum absolute atomic E-state index is 0.239. The molecule has 0 heterocycles. The van der Waals surface area contributed by atoms with Crippen molar-refractivity contribution in [3.05, 3.63) is 53.3 Å². The van der Waals surface area contributed by atoms with Crippen LogP contribution in [0.5, 0.6) is 5.75 Å². The summed E-state index contributed by atoms with van der Waals surface area (Å²) in [5, 5.41) is 3.51. The molecule has 1 N–H and O–H groups in total. The van der Waals surface area contributed by atoms with Crippen molar-refractivity contribution < 1.29 is 9.13 Å². The van der Waals surface area contributed by atoms with Gasteiger partial charge in [0.25, 0.3) is 0 Å². The molecule has 2 aromatic rings. The molecule has 0 radical (unpaired) electrons. The standard InChI is InChI=1S/C18H20FNO/c1-3-20-17-8-5-12-10-13(4-7-15(12)17)16-11-14(19)6-9-18(16)21-2/h4,6-7,9-11,17,20H,3,5,8H2,1-2H3. The predicted octanol–water partition coefficient (Wildman–Crippen LogP) is 4.10. The Balaban J connectivity index is 2.00. The monoisotopic (exact) mass is 285 g/mol. The Morgan fingerprint density at radius 1 is 1.24 bits per heavy atom. The lowest BCUT2D eigenvalue weighted by Crippen LogP contribution is -2.18. The van der Waals surface area contributed by atoms with Gasteiger partial charge in [0, 0.05) is 11.6 Å². The maximum Gasteiger partial charge on any atom is 0.126 e. The van der Waals surface area contributed by atoms with Crippen LogP contribution in [0, 0.1) is 5.82 Å². The smallest absolute Gasteiger partial charge is 0.126 e. The zero-order valence-corrected chi connectivity index (χ0v) is 12.4. The second-order valence-electron chi connectivity index (χ2n) is 5.41. The lowest BCUT2D eigenvalue weighted by molar-refractivity contribution is 0.415. The SMILES string of the molecule is CCNC1CCc2cc(-c3cc(F)ccc3OC)ccc21. The maximum absolute atomic E-state index is 13.5. The van der Waals surface area contributed by atoms with E-state index in [4.69, 9.17) is 4.74 Å². The number of rotatable bonds is 4. The predicted molar refractivity (Wildman–Crippen MR) is 83.1 cm³/mol. The van der Waals surface area contributed by atoms with Gasteiger partial charge in [0.05, 0.1) is 7.11 Å². The third-order valence-corrected chi connectivity index (χ3v) is 4.14. The fourth-order valence-electron chi connectivity index (χ4n) is 3.15. The average molecular weight is 285 g/mol. The Hall–Kier alpha value is -1.87. The van der Waals surface area contributed by atoms with E-state index in [2.05, 4.69) is 30.4 Å². The van der Waals surface area contributed by atoms with Crippen molar-refractivity contribution in [2.75, 3.05) is 13.7 Å². The Morgan fingerprint density at radius 3 is 2.86 bits per heavy atom. The Kier molecular flexibility index (Phi) is 3.93. The van der Waals surface area contributed by atoms with E-state index in [1.165, 1.54) is 23.3 Å². The molecular formula is C18H20FNO. The highest BCUT2D eigenvalue weighted by Gasteiger charge is 2.22. The van der Waals surface area contributed by atoms with Gasteiger partial charge in [-0.1, -0.05) is 25.1 Å². The summed E-state index contributed by atoms with van der Waals surface area (Å²) in [5.74, 6) is 0.467. The number of methoxy groups -OCH3 is 1. The molecule has 0 aromatic heterocycles. The molecule has 110 valence electrons. The highest BCUT2D eigenvalue weighted by Crippen LogP contribution is 2.37. The van der Waals surface area contributed by atoms with Crippen LogP contribution >= 0.6 is 0 Å². The molecule has 1 aliphatic carbocycles. The molecule has 3 rings (SSSR count). The van der Waals surface area contributed by atoms with Gasteiger partial charge < -0.3 is 10.1 Å². The van der Waals surface area contributed by atoms with Gasteiger partial charge in [0.15, 0.2) is 0 Å². The van der Waals surface area contributed by atoms with Crippen molar-refractivity contribution in [1.29, 1.82) is 0 Å². The number of hydrogen-bond acceptors (Lipinski definition) is 2. The zero-order chi connectivity index (χ0) is 14.8. The van der Waals surface area contributed by atoms with Crippen LogP contribution in [0.2, 0.25) is 0 Å². The molecular weight excluding hydrogens is 265 g/mol. The maximum atomic E-state index is 13.5. The van der Waals surface area contributed by atoms with Crippen LogP contribution in [0.4, 0.5) is 4.39 Å². The van der Waals surface area contributed by atoms with Crippen molar-refractivity contribution in [1.82, 2.24) is 5.32 Å². The highest BCUT2D eigenvalue weighted by molar-refractivity contribution is 5.71. The molecule has 0 fully saturated rings. The van der Waals surface area contributed by atoms with Gasteiger partial charge in [-0.2, -0.15) is 0 Å². The summed E-state index contributed by atoms with van der Waals surface area (Å²) in [6.07, 6.45) is 2.20. The summed E-state index contributed by atoms with van der Waals surface area (Å²) in [5.41, 5.74) is 4.55. The van der Waals surface area contributed by atoms with Crippen LogP contribution in [0.25, 0.3) is 11.1 Å². The first-order valence-corrected chi connectivity index (χ1v) is 7.43. The van der Waals surface area contributed by atoms with E-state index in [9.17, 15) is 4.39 Å². The number of ether oxygens (including phenoxy) is 1. The molecule has 1 atom stereocenters. The molecule has 21 heavy (non-hydrogen) atoms. The molecule has 2 nitrogen and oxygen atoms in total. The van der Waals surface area contributed by atoms with Gasteiger partial charge in [0.2, 0.25) is 0 Å². The quantitative estimate of drug-likeness (QED) is 0.913. The molecule has 0 bridgehead atoms. The lowest BCUT2D eigenvalue weighted by Gasteiger charge is -2.14. The third-order valence-electron chi connectivity index (χ3n) is 4.14. The fourth-order valence-corrected chi connectivity index (χ4v) is 3.15. The molecule has 0 saturated heterocycles. The topological polar surface area (TPSA) is 21.3 Å². The Labute approximate surface area is 125 Å². The first kappa shape index (κ1) is 14.1. The van der Waals surface area contributed by atoms with Crippen LogP contribution in [0.1, 0.15) is 30.5 Å². The van der Waals surface area contributed by atoms with Gasteiger partial charge in [0.1, 0.15) is 11.6 Å². The van der Waals surface area contributed by atoms with E-state index in [1.54, 1.807) is 13.2 Å². The zero-order valence-electron chi connectivity index (χ0n) is 12.4. The average Bonchev–Trinajstić information content (AvgIpc) is 2.90. The van der Waals surface area contributed by atoms with Crippen molar-refractivity contribution in [2.24, 2.45) is 0 Å². The second kappa shape index (κ2) is 5.86. The number of aryl methyl sites for hydroxylation is 1. The number of fused-ring (bicyclic) bond motifs is 1. The Morgan fingerprint density at radius 2 is 2.10 bits per heavy atom. The number of hydrogen-bond donors (Lipinski definition) is 1. The molecule has 3 heteroatoms. The van der Waals surface area contributed by atoms with Crippen LogP contribution < -0.4 is 10.1 Å². The van der Waals surface area contributed by atoms with Crippen LogP contribution in [-0.2, 0) is 6.42 Å². The molecule has 2 aromatic carbocycles. The summed E-state index contributed by atoms with van der Waals surface area (Å²) < 4.78 is 18.9. The summed E-state index contributed by atoms with van der Waals surface area (Å²) in [6, 6.07) is 11.5. The number of halogens is 1. The first-order chi connectivity index (χ1) is 10.2. The Bertz CT molecular complexity index is 654. The third kappa shape index (κ3) is 2.66. The molecule has 1 unspecified atom stereocenters. The van der Waals surface area contributed by atoms with Crippen molar-refractivity contribution in [3.8, 4) is 16.9 Å². The number of benzene rings is 2. The fraction of sp³-hybridized carbons (Fsp3) is 0.333. The van der Waals surface area contributed by atoms with Gasteiger partial charge in [-0.05, 0) is 54.3 Å². The summed E-state index contributed by atoms with van der Waals surface area (Å²) in [7, 11) is 1.62. The van der Waals surface area contributed by atoms with Crippen molar-refractivity contribution >= 4 is 0 Å². The number of nitrogens with one attached hydrogen (secondary N) is 1. The first-order valence-electron chi connectivity index (χ1n) is 7.43. The largest absolute Gasteiger partial charge is 0.496 e. The summed E-state index contributed by atoms with van der Waals surface area (Å²) in [6.45, 7) is 3.10. The van der Waals surface area contributed by atoms with Gasteiger partial charge in [-0.3, -0.25) is 0 Å². The van der Waals surface area contributed by atoms with Gasteiger partial charge >= 0.3 is 0 Å². The van der Waals surface area contributed by atoms with Gasteiger partial charge in [-0.25, -0.2) is 4.39 Å². The van der Waals surface area contributed by atoms with E-state index < -0.39 is 0 Å². The summed E-state index contributed by atoms with van der Waals surface area (Å²) >= 11 is 0. The normalized spacial score (nSPS) is 16.8. The van der Waals surface area contributed by atoms with Crippen molar-refractivity contribution in [2.45, 2.75) is 25.8 Å². The molecule has 0 saturated carbocycles. The highest BCUT2D eigenvalue weighted by atomic mass is 19.1.